The molecule has 1 aliphatic carbocycles. The van der Waals surface area contributed by atoms with E-state index in [2.05, 4.69) is 0 Å². The van der Waals surface area contributed by atoms with Crippen molar-refractivity contribution in [2.75, 3.05) is 6.61 Å². The van der Waals surface area contributed by atoms with E-state index in [-0.39, 0.29) is 6.61 Å². The van der Waals surface area contributed by atoms with E-state index in [9.17, 15) is 9.90 Å². The molecule has 1 N–H and O–H groups in total. The van der Waals surface area contributed by atoms with Crippen LogP contribution >= 0.6 is 11.6 Å². The van der Waals surface area contributed by atoms with Gasteiger partial charge < -0.3 is 9.84 Å². The van der Waals surface area contributed by atoms with Gasteiger partial charge in [0, 0.05) is 5.02 Å². The molecule has 1 aromatic carbocycles. The summed E-state index contributed by atoms with van der Waals surface area (Å²) in [4.78, 5) is 10.9. The third-order valence-corrected chi connectivity index (χ3v) is 3.36. The summed E-state index contributed by atoms with van der Waals surface area (Å²) in [6.45, 7) is 0.232. The van der Waals surface area contributed by atoms with Crippen LogP contribution in [0.1, 0.15) is 36.0 Å². The van der Waals surface area contributed by atoms with Gasteiger partial charge >= 0.3 is 0 Å². The second kappa shape index (κ2) is 5.07. The van der Waals surface area contributed by atoms with Gasteiger partial charge in [0.1, 0.15) is 12.4 Å². The average molecular weight is 255 g/mol. The minimum atomic E-state index is -0.736. The largest absolute Gasteiger partial charge is 0.490 e. The highest BCUT2D eigenvalue weighted by Crippen LogP contribution is 2.31. The average Bonchev–Trinajstić information content (AvgIpc) is 2.75. The first-order valence-corrected chi connectivity index (χ1v) is 6.11. The number of rotatable bonds is 4. The molecule has 1 aromatic rings. The van der Waals surface area contributed by atoms with Crippen LogP contribution in [0.25, 0.3) is 0 Å². The van der Waals surface area contributed by atoms with Gasteiger partial charge in [-0.1, -0.05) is 24.4 Å². The van der Waals surface area contributed by atoms with Gasteiger partial charge in [-0.2, -0.15) is 0 Å². The van der Waals surface area contributed by atoms with Gasteiger partial charge in [0.15, 0.2) is 6.29 Å². The van der Waals surface area contributed by atoms with E-state index < -0.39 is 5.60 Å². The van der Waals surface area contributed by atoms with Gasteiger partial charge in [-0.25, -0.2) is 0 Å². The molecule has 0 atom stereocenters. The maximum absolute atomic E-state index is 10.9. The summed E-state index contributed by atoms with van der Waals surface area (Å²) in [6, 6.07) is 4.88. The molecule has 2 rings (SSSR count). The lowest BCUT2D eigenvalue weighted by Gasteiger charge is -2.22. The molecular weight excluding hydrogens is 240 g/mol. The number of ether oxygens (including phenoxy) is 1. The predicted octanol–water partition coefficient (Wildman–Crippen LogP) is 2.84. The molecule has 0 radical (unpaired) electrons. The summed E-state index contributed by atoms with van der Waals surface area (Å²) >= 11 is 5.79. The van der Waals surface area contributed by atoms with Crippen molar-refractivity contribution >= 4 is 17.9 Å². The number of hydrogen-bond donors (Lipinski definition) is 1. The standard InChI is InChI=1S/C13H15ClO3/c14-11-3-4-12(10(7-11)8-15)17-9-13(16)5-1-2-6-13/h3-4,7-8,16H,1-2,5-6,9H2. The quantitative estimate of drug-likeness (QED) is 0.841. The molecule has 0 amide bonds. The van der Waals surface area contributed by atoms with Crippen LogP contribution in [-0.2, 0) is 0 Å². The van der Waals surface area contributed by atoms with Gasteiger partial charge in [-0.05, 0) is 31.0 Å². The smallest absolute Gasteiger partial charge is 0.153 e. The zero-order chi connectivity index (χ0) is 12.3. The molecule has 1 aliphatic rings. The second-order valence-corrected chi connectivity index (χ2v) is 4.96. The van der Waals surface area contributed by atoms with E-state index in [1.807, 2.05) is 0 Å². The normalized spacial score (nSPS) is 18.0. The number of aliphatic hydroxyl groups is 1. The van der Waals surface area contributed by atoms with Crippen LogP contribution < -0.4 is 4.74 Å². The summed E-state index contributed by atoms with van der Waals surface area (Å²) in [5, 5.41) is 10.6. The molecular formula is C13H15ClO3. The number of carbonyl (C=O) groups excluding carboxylic acids is 1. The topological polar surface area (TPSA) is 46.5 Å². The molecule has 0 bridgehead atoms. The monoisotopic (exact) mass is 254 g/mol. The van der Waals surface area contributed by atoms with Crippen molar-refractivity contribution in [2.45, 2.75) is 31.3 Å². The highest BCUT2D eigenvalue weighted by molar-refractivity contribution is 6.30. The summed E-state index contributed by atoms with van der Waals surface area (Å²) in [7, 11) is 0. The van der Waals surface area contributed by atoms with Gasteiger partial charge in [0.2, 0.25) is 0 Å². The van der Waals surface area contributed by atoms with Crippen LogP contribution in [0, 0.1) is 0 Å². The molecule has 0 unspecified atom stereocenters. The van der Waals surface area contributed by atoms with Crippen molar-refractivity contribution in [1.82, 2.24) is 0 Å². The fourth-order valence-corrected chi connectivity index (χ4v) is 2.31. The van der Waals surface area contributed by atoms with Crippen LogP contribution in [0.3, 0.4) is 0 Å². The van der Waals surface area contributed by atoms with Crippen LogP contribution in [0.4, 0.5) is 0 Å². The molecule has 0 aliphatic heterocycles. The van der Waals surface area contributed by atoms with Gasteiger partial charge in [-0.3, -0.25) is 4.79 Å². The maximum atomic E-state index is 10.9. The van der Waals surface area contributed by atoms with Crippen LogP contribution in [0.5, 0.6) is 5.75 Å². The molecule has 17 heavy (non-hydrogen) atoms. The first-order valence-electron chi connectivity index (χ1n) is 5.73. The van der Waals surface area contributed by atoms with Crippen LogP contribution in [0.15, 0.2) is 18.2 Å². The van der Waals surface area contributed by atoms with E-state index in [0.717, 1.165) is 25.7 Å². The Morgan fingerprint density at radius 3 is 2.76 bits per heavy atom. The Morgan fingerprint density at radius 2 is 2.12 bits per heavy atom. The van der Waals surface area contributed by atoms with Crippen LogP contribution in [0.2, 0.25) is 5.02 Å². The van der Waals surface area contributed by atoms with E-state index in [1.54, 1.807) is 18.2 Å². The zero-order valence-electron chi connectivity index (χ0n) is 9.49. The molecule has 4 heteroatoms. The minimum absolute atomic E-state index is 0.232. The Hall–Kier alpha value is -1.06. The lowest BCUT2D eigenvalue weighted by molar-refractivity contribution is 0.00123. The van der Waals surface area contributed by atoms with Gasteiger partial charge in [0.25, 0.3) is 0 Å². The highest BCUT2D eigenvalue weighted by atomic mass is 35.5. The van der Waals surface area contributed by atoms with E-state index in [4.69, 9.17) is 16.3 Å². The van der Waals surface area contributed by atoms with E-state index >= 15 is 0 Å². The number of carbonyl (C=O) groups is 1. The first kappa shape index (κ1) is 12.4. The molecule has 1 fully saturated rings. The van der Waals surface area contributed by atoms with E-state index in [0.29, 0.717) is 22.6 Å². The fraction of sp³-hybridized carbons (Fsp3) is 0.462. The highest BCUT2D eigenvalue weighted by Gasteiger charge is 2.32. The lowest BCUT2D eigenvalue weighted by Crippen LogP contribution is -2.32. The molecule has 1 saturated carbocycles. The number of halogens is 1. The third-order valence-electron chi connectivity index (χ3n) is 3.13. The summed E-state index contributed by atoms with van der Waals surface area (Å²) in [5.74, 6) is 0.477. The Balaban J connectivity index is 2.05. The zero-order valence-corrected chi connectivity index (χ0v) is 10.2. The molecule has 92 valence electrons. The Bertz CT molecular complexity index is 411. The van der Waals surface area contributed by atoms with Crippen molar-refractivity contribution < 1.29 is 14.6 Å². The van der Waals surface area contributed by atoms with Crippen molar-refractivity contribution in [3.63, 3.8) is 0 Å². The SMILES string of the molecule is O=Cc1cc(Cl)ccc1OCC1(O)CCCC1. The van der Waals surface area contributed by atoms with Crippen molar-refractivity contribution in [3.8, 4) is 5.75 Å². The maximum Gasteiger partial charge on any atom is 0.153 e. The molecule has 0 heterocycles. The minimum Gasteiger partial charge on any atom is -0.490 e. The van der Waals surface area contributed by atoms with Crippen molar-refractivity contribution in [1.29, 1.82) is 0 Å². The lowest BCUT2D eigenvalue weighted by atomic mass is 10.0. The third kappa shape index (κ3) is 2.99. The molecule has 3 nitrogen and oxygen atoms in total. The molecule has 0 saturated heterocycles. The van der Waals surface area contributed by atoms with Crippen molar-refractivity contribution in [2.24, 2.45) is 0 Å². The predicted molar refractivity (Wildman–Crippen MR) is 65.8 cm³/mol. The number of hydrogen-bond acceptors (Lipinski definition) is 3. The Morgan fingerprint density at radius 1 is 1.41 bits per heavy atom. The summed E-state index contributed by atoms with van der Waals surface area (Å²) in [5.41, 5.74) is -0.320. The van der Waals surface area contributed by atoms with Crippen LogP contribution in [-0.4, -0.2) is 23.6 Å². The first-order chi connectivity index (χ1) is 8.13. The number of benzene rings is 1. The second-order valence-electron chi connectivity index (χ2n) is 4.52. The molecule has 0 spiro atoms. The summed E-state index contributed by atoms with van der Waals surface area (Å²) in [6.07, 6.45) is 4.29. The fourth-order valence-electron chi connectivity index (χ4n) is 2.13. The molecule has 0 aromatic heterocycles. The van der Waals surface area contributed by atoms with E-state index in [1.165, 1.54) is 0 Å². The Kier molecular flexibility index (Phi) is 3.69. The van der Waals surface area contributed by atoms with Gasteiger partial charge in [0.05, 0.1) is 11.2 Å². The summed E-state index contributed by atoms with van der Waals surface area (Å²) < 4.78 is 5.53. The van der Waals surface area contributed by atoms with Crippen molar-refractivity contribution in [3.05, 3.63) is 28.8 Å². The Labute approximate surface area is 105 Å². The number of aldehydes is 1. The van der Waals surface area contributed by atoms with Gasteiger partial charge in [-0.15, -0.1) is 0 Å².